The van der Waals surface area contributed by atoms with Gasteiger partial charge in [0.1, 0.15) is 0 Å². The molecule has 35 heavy (non-hydrogen) atoms. The van der Waals surface area contributed by atoms with E-state index in [-0.39, 0.29) is 30.0 Å². The van der Waals surface area contributed by atoms with Crippen LogP contribution in [0.2, 0.25) is 0 Å². The van der Waals surface area contributed by atoms with Gasteiger partial charge in [-0.1, -0.05) is 12.1 Å². The molecule has 3 amide bonds. The fraction of sp³-hybridized carbons (Fsp3) is 0.481. The molecule has 1 saturated heterocycles. The molecule has 1 aromatic heterocycles. The van der Waals surface area contributed by atoms with Crippen molar-refractivity contribution in [3.8, 4) is 0 Å². The number of piperazine rings is 1. The van der Waals surface area contributed by atoms with Crippen LogP contribution in [0, 0.1) is 13.8 Å². The Kier molecular flexibility index (Phi) is 6.32. The van der Waals surface area contributed by atoms with Gasteiger partial charge in [-0.25, -0.2) is 0 Å². The number of aromatic nitrogens is 1. The van der Waals surface area contributed by atoms with Crippen molar-refractivity contribution in [3.05, 3.63) is 58.4 Å². The number of amides is 3. The van der Waals surface area contributed by atoms with E-state index >= 15 is 0 Å². The number of hydrogen-bond donors (Lipinski definition) is 0. The Morgan fingerprint density at radius 3 is 2.17 bits per heavy atom. The van der Waals surface area contributed by atoms with Crippen molar-refractivity contribution >= 4 is 23.5 Å². The highest BCUT2D eigenvalue weighted by Crippen LogP contribution is 2.38. The summed E-state index contributed by atoms with van der Waals surface area (Å²) >= 11 is 0. The summed E-state index contributed by atoms with van der Waals surface area (Å²) < 4.78 is 2.30. The Morgan fingerprint density at radius 1 is 0.943 bits per heavy atom. The van der Waals surface area contributed by atoms with E-state index in [1.807, 2.05) is 17.9 Å². The van der Waals surface area contributed by atoms with Gasteiger partial charge in [0.05, 0.1) is 17.7 Å². The van der Waals surface area contributed by atoms with Gasteiger partial charge in [0, 0.05) is 62.1 Å². The van der Waals surface area contributed by atoms with Gasteiger partial charge in [-0.2, -0.15) is 0 Å². The van der Waals surface area contributed by atoms with Gasteiger partial charge in [0.2, 0.25) is 5.91 Å². The van der Waals surface area contributed by atoms with Crippen LogP contribution in [0.3, 0.4) is 0 Å². The van der Waals surface area contributed by atoms with Crippen LogP contribution in [0.25, 0.3) is 0 Å². The zero-order valence-corrected chi connectivity index (χ0v) is 20.5. The summed E-state index contributed by atoms with van der Waals surface area (Å²) in [6.07, 6.45) is 3.12. The van der Waals surface area contributed by atoms with Gasteiger partial charge in [-0.3, -0.25) is 29.0 Å². The van der Waals surface area contributed by atoms with Gasteiger partial charge >= 0.3 is 0 Å². The maximum absolute atomic E-state index is 13.0. The van der Waals surface area contributed by atoms with Crippen molar-refractivity contribution in [2.24, 2.45) is 0 Å². The summed E-state index contributed by atoms with van der Waals surface area (Å²) in [5, 5.41) is 0. The summed E-state index contributed by atoms with van der Waals surface area (Å²) in [5.41, 5.74) is 3.92. The Balaban J connectivity index is 1.07. The Labute approximate surface area is 205 Å². The number of benzene rings is 1. The largest absolute Gasteiger partial charge is 0.345 e. The number of Topliss-reactive ketones (excluding diaryl/α,β-unsaturated/α-hetero) is 1. The van der Waals surface area contributed by atoms with Crippen LogP contribution in [-0.4, -0.2) is 82.0 Å². The molecule has 1 saturated carbocycles. The molecule has 2 aliphatic heterocycles. The van der Waals surface area contributed by atoms with Gasteiger partial charge < -0.3 is 9.47 Å². The molecular weight excluding hydrogens is 444 g/mol. The molecule has 0 N–H and O–H groups in total. The number of hydrogen-bond acceptors (Lipinski definition) is 5. The van der Waals surface area contributed by atoms with E-state index in [9.17, 15) is 19.2 Å². The lowest BCUT2D eigenvalue weighted by molar-refractivity contribution is -0.133. The van der Waals surface area contributed by atoms with E-state index in [0.29, 0.717) is 62.7 Å². The minimum absolute atomic E-state index is 0.0283. The number of nitrogens with zero attached hydrogens (tertiary/aromatic N) is 4. The molecule has 0 spiro atoms. The van der Waals surface area contributed by atoms with E-state index in [2.05, 4.69) is 16.4 Å². The first-order valence-electron chi connectivity index (χ1n) is 12.5. The number of fused-ring (bicyclic) bond motifs is 1. The van der Waals surface area contributed by atoms with Crippen LogP contribution in [0.15, 0.2) is 30.3 Å². The monoisotopic (exact) mass is 476 g/mol. The SMILES string of the molecule is Cc1cc(C(=O)CN2CCN(C(=O)CCCN3C(=O)c4ccccc4C3=O)CC2)c(C)n1C1CC1. The average Bonchev–Trinajstić information content (AvgIpc) is 3.60. The Hall–Kier alpha value is -3.26. The second kappa shape index (κ2) is 9.41. The summed E-state index contributed by atoms with van der Waals surface area (Å²) in [4.78, 5) is 55.8. The minimum Gasteiger partial charge on any atom is -0.345 e. The van der Waals surface area contributed by atoms with Crippen molar-refractivity contribution in [2.45, 2.75) is 45.6 Å². The van der Waals surface area contributed by atoms with E-state index < -0.39 is 0 Å². The molecule has 8 nitrogen and oxygen atoms in total. The van der Waals surface area contributed by atoms with Crippen molar-refractivity contribution in [1.29, 1.82) is 0 Å². The maximum Gasteiger partial charge on any atom is 0.261 e. The summed E-state index contributed by atoms with van der Waals surface area (Å²) in [6.45, 7) is 7.22. The first-order valence-corrected chi connectivity index (χ1v) is 12.5. The van der Waals surface area contributed by atoms with Gasteiger partial charge in [0.25, 0.3) is 11.8 Å². The Morgan fingerprint density at radius 2 is 1.57 bits per heavy atom. The normalized spacial score (nSPS) is 18.3. The van der Waals surface area contributed by atoms with Crippen LogP contribution < -0.4 is 0 Å². The highest BCUT2D eigenvalue weighted by molar-refractivity contribution is 6.21. The maximum atomic E-state index is 13.0. The van der Waals surface area contributed by atoms with Crippen molar-refractivity contribution in [1.82, 2.24) is 19.3 Å². The predicted molar refractivity (Wildman–Crippen MR) is 131 cm³/mol. The molecule has 8 heteroatoms. The Bertz CT molecular complexity index is 1150. The lowest BCUT2D eigenvalue weighted by Gasteiger charge is -2.34. The van der Waals surface area contributed by atoms with E-state index in [1.165, 1.54) is 17.7 Å². The number of imide groups is 1. The van der Waals surface area contributed by atoms with Gasteiger partial charge in [0.15, 0.2) is 5.78 Å². The number of ketones is 1. The molecule has 1 aliphatic carbocycles. The quantitative estimate of drug-likeness (QED) is 0.432. The summed E-state index contributed by atoms with van der Waals surface area (Å²) in [5.74, 6) is -0.394. The topological polar surface area (TPSA) is 82.9 Å². The van der Waals surface area contributed by atoms with Crippen LogP contribution in [-0.2, 0) is 4.79 Å². The average molecular weight is 477 g/mol. The molecule has 0 unspecified atom stereocenters. The molecular formula is C27H32N4O4. The minimum atomic E-state index is -0.283. The van der Waals surface area contributed by atoms with Crippen LogP contribution >= 0.6 is 0 Å². The zero-order chi connectivity index (χ0) is 24.7. The van der Waals surface area contributed by atoms with Crippen molar-refractivity contribution in [3.63, 3.8) is 0 Å². The fourth-order valence-electron chi connectivity index (χ4n) is 5.39. The molecule has 2 fully saturated rings. The molecule has 3 aliphatic rings. The van der Waals surface area contributed by atoms with Gasteiger partial charge in [-0.15, -0.1) is 0 Å². The van der Waals surface area contributed by atoms with Crippen LogP contribution in [0.1, 0.15) is 74.2 Å². The molecule has 2 aromatic rings. The second-order valence-corrected chi connectivity index (χ2v) is 9.88. The molecule has 0 radical (unpaired) electrons. The van der Waals surface area contributed by atoms with Crippen molar-refractivity contribution in [2.75, 3.05) is 39.3 Å². The third-order valence-corrected chi connectivity index (χ3v) is 7.44. The second-order valence-electron chi connectivity index (χ2n) is 9.88. The van der Waals surface area contributed by atoms with Crippen LogP contribution in [0.5, 0.6) is 0 Å². The molecule has 0 bridgehead atoms. The first-order chi connectivity index (χ1) is 16.8. The van der Waals surface area contributed by atoms with Gasteiger partial charge in [-0.05, 0) is 51.3 Å². The van der Waals surface area contributed by atoms with E-state index in [4.69, 9.17) is 0 Å². The number of aryl methyl sites for hydroxylation is 1. The standard InChI is InChI=1S/C27H32N4O4/c1-18-16-23(19(2)31(18)20-9-10-20)24(32)17-28-12-14-29(15-13-28)25(33)8-5-11-30-26(34)21-6-3-4-7-22(21)27(30)35/h3-4,6-7,16,20H,5,8-15,17H2,1-2H3. The molecule has 184 valence electrons. The smallest absolute Gasteiger partial charge is 0.261 e. The molecule has 5 rings (SSSR count). The van der Waals surface area contributed by atoms with E-state index in [0.717, 1.165) is 17.0 Å². The highest BCUT2D eigenvalue weighted by atomic mass is 16.2. The zero-order valence-electron chi connectivity index (χ0n) is 20.5. The van der Waals surface area contributed by atoms with E-state index in [1.54, 1.807) is 24.3 Å². The lowest BCUT2D eigenvalue weighted by atomic mass is 10.1. The third kappa shape index (κ3) is 4.55. The van der Waals surface area contributed by atoms with Crippen molar-refractivity contribution < 1.29 is 19.2 Å². The number of carbonyl (C=O) groups excluding carboxylic acids is 4. The molecule has 3 heterocycles. The summed E-state index contributed by atoms with van der Waals surface area (Å²) in [6, 6.07) is 9.40. The van der Waals surface area contributed by atoms with Crippen LogP contribution in [0.4, 0.5) is 0 Å². The molecule has 0 atom stereocenters. The fourth-order valence-corrected chi connectivity index (χ4v) is 5.39. The third-order valence-electron chi connectivity index (χ3n) is 7.44. The molecule has 1 aromatic carbocycles. The number of rotatable bonds is 8. The summed E-state index contributed by atoms with van der Waals surface area (Å²) in [7, 11) is 0. The number of carbonyl (C=O) groups is 4. The lowest BCUT2D eigenvalue weighted by Crippen LogP contribution is -2.50. The predicted octanol–water partition coefficient (Wildman–Crippen LogP) is 2.84. The highest BCUT2D eigenvalue weighted by Gasteiger charge is 2.35. The first kappa shape index (κ1) is 23.5.